The van der Waals surface area contributed by atoms with Gasteiger partial charge in [0.15, 0.2) is 0 Å². The second kappa shape index (κ2) is 4.64. The molecular weight excluding hydrogens is 242 g/mol. The normalized spacial score (nSPS) is 19.3. The number of hydrogen-bond donors (Lipinski definition) is 0. The molecule has 5 heteroatoms. The number of aryl methyl sites for hydroxylation is 1. The minimum atomic E-state index is 0.0574. The molecule has 3 rings (SSSR count). The Kier molecular flexibility index (Phi) is 2.97. The monoisotopic (exact) mass is 259 g/mol. The SMILES string of the molecule is CCc1noc2ncc(C(=O)N3CCC(C)C3)cc12. The molecule has 1 aliphatic rings. The summed E-state index contributed by atoms with van der Waals surface area (Å²) in [5.41, 5.74) is 1.98. The van der Waals surface area contributed by atoms with Gasteiger partial charge < -0.3 is 9.42 Å². The lowest BCUT2D eigenvalue weighted by atomic mass is 10.1. The lowest BCUT2D eigenvalue weighted by Crippen LogP contribution is -2.28. The summed E-state index contributed by atoms with van der Waals surface area (Å²) in [5, 5.41) is 4.81. The number of amides is 1. The summed E-state index contributed by atoms with van der Waals surface area (Å²) in [6, 6.07) is 1.85. The highest BCUT2D eigenvalue weighted by Gasteiger charge is 2.25. The van der Waals surface area contributed by atoms with Crippen LogP contribution in [0.4, 0.5) is 0 Å². The number of aromatic nitrogens is 2. The van der Waals surface area contributed by atoms with E-state index in [1.807, 2.05) is 17.9 Å². The van der Waals surface area contributed by atoms with Gasteiger partial charge >= 0.3 is 0 Å². The van der Waals surface area contributed by atoms with Crippen LogP contribution in [0.2, 0.25) is 0 Å². The summed E-state index contributed by atoms with van der Waals surface area (Å²) in [4.78, 5) is 18.5. The Morgan fingerprint density at radius 3 is 3.11 bits per heavy atom. The van der Waals surface area contributed by atoms with Gasteiger partial charge in [-0.15, -0.1) is 0 Å². The fourth-order valence-corrected chi connectivity index (χ4v) is 2.55. The van der Waals surface area contributed by atoms with Crippen molar-refractivity contribution in [2.24, 2.45) is 5.92 Å². The minimum Gasteiger partial charge on any atom is -0.338 e. The van der Waals surface area contributed by atoms with E-state index >= 15 is 0 Å². The number of nitrogens with zero attached hydrogens (tertiary/aromatic N) is 3. The van der Waals surface area contributed by atoms with Crippen molar-refractivity contribution in [3.63, 3.8) is 0 Å². The predicted molar refractivity (Wildman–Crippen MR) is 70.9 cm³/mol. The van der Waals surface area contributed by atoms with E-state index in [0.29, 0.717) is 17.2 Å². The first kappa shape index (κ1) is 12.1. The van der Waals surface area contributed by atoms with Crippen LogP contribution in [0, 0.1) is 5.92 Å². The Labute approximate surface area is 111 Å². The minimum absolute atomic E-state index is 0.0574. The summed E-state index contributed by atoms with van der Waals surface area (Å²) in [6.45, 7) is 5.85. The van der Waals surface area contributed by atoms with Gasteiger partial charge in [-0.2, -0.15) is 0 Å². The van der Waals surface area contributed by atoms with Crippen LogP contribution >= 0.6 is 0 Å². The maximum Gasteiger partial charge on any atom is 0.257 e. The summed E-state index contributed by atoms with van der Waals surface area (Å²) in [6.07, 6.45) is 3.43. The standard InChI is InChI=1S/C14H17N3O2/c1-3-12-11-6-10(7-15-13(11)19-16-12)14(18)17-5-4-9(2)8-17/h6-7,9H,3-5,8H2,1-2H3. The van der Waals surface area contributed by atoms with Gasteiger partial charge in [0.05, 0.1) is 16.6 Å². The third kappa shape index (κ3) is 2.09. The lowest BCUT2D eigenvalue weighted by Gasteiger charge is -2.15. The zero-order chi connectivity index (χ0) is 13.4. The van der Waals surface area contributed by atoms with E-state index in [-0.39, 0.29) is 5.91 Å². The van der Waals surface area contributed by atoms with Crippen LogP contribution in [0.15, 0.2) is 16.8 Å². The molecule has 0 bridgehead atoms. The quantitative estimate of drug-likeness (QED) is 0.830. The Morgan fingerprint density at radius 1 is 1.58 bits per heavy atom. The summed E-state index contributed by atoms with van der Waals surface area (Å²) >= 11 is 0. The molecule has 0 saturated carbocycles. The molecule has 1 fully saturated rings. The Morgan fingerprint density at radius 2 is 2.42 bits per heavy atom. The lowest BCUT2D eigenvalue weighted by molar-refractivity contribution is 0.0788. The van der Waals surface area contributed by atoms with Crippen LogP contribution in [0.5, 0.6) is 0 Å². The van der Waals surface area contributed by atoms with E-state index in [9.17, 15) is 4.79 Å². The van der Waals surface area contributed by atoms with Crippen molar-refractivity contribution >= 4 is 17.0 Å². The molecule has 0 radical (unpaired) electrons. The van der Waals surface area contributed by atoms with Crippen LogP contribution in [0.1, 0.15) is 36.3 Å². The molecule has 19 heavy (non-hydrogen) atoms. The highest BCUT2D eigenvalue weighted by molar-refractivity contribution is 5.97. The van der Waals surface area contributed by atoms with Crippen molar-refractivity contribution in [2.45, 2.75) is 26.7 Å². The second-order valence-electron chi connectivity index (χ2n) is 5.20. The third-order valence-corrected chi connectivity index (χ3v) is 3.70. The van der Waals surface area contributed by atoms with Gasteiger partial charge in [-0.05, 0) is 24.8 Å². The highest BCUT2D eigenvalue weighted by atomic mass is 16.5. The van der Waals surface area contributed by atoms with Crippen LogP contribution in [-0.2, 0) is 6.42 Å². The molecule has 1 unspecified atom stereocenters. The van der Waals surface area contributed by atoms with Crippen LogP contribution in [0.25, 0.3) is 11.1 Å². The molecule has 1 atom stereocenters. The van der Waals surface area contributed by atoms with Crippen LogP contribution < -0.4 is 0 Å². The summed E-state index contributed by atoms with van der Waals surface area (Å²) in [7, 11) is 0. The van der Waals surface area contributed by atoms with Crippen molar-refractivity contribution < 1.29 is 9.32 Å². The zero-order valence-corrected chi connectivity index (χ0v) is 11.2. The van der Waals surface area contributed by atoms with Gasteiger partial charge in [0, 0.05) is 19.3 Å². The topological polar surface area (TPSA) is 59.2 Å². The smallest absolute Gasteiger partial charge is 0.257 e. The van der Waals surface area contributed by atoms with E-state index < -0.39 is 0 Å². The molecule has 0 aromatic carbocycles. The van der Waals surface area contributed by atoms with Crippen molar-refractivity contribution in [1.82, 2.24) is 15.0 Å². The molecule has 1 amide bonds. The van der Waals surface area contributed by atoms with E-state index in [4.69, 9.17) is 4.52 Å². The largest absolute Gasteiger partial charge is 0.338 e. The average Bonchev–Trinajstić information content (AvgIpc) is 3.03. The Hall–Kier alpha value is -1.91. The molecule has 0 N–H and O–H groups in total. The van der Waals surface area contributed by atoms with Gasteiger partial charge in [0.2, 0.25) is 0 Å². The molecule has 100 valence electrons. The Balaban J connectivity index is 1.94. The molecule has 5 nitrogen and oxygen atoms in total. The van der Waals surface area contributed by atoms with E-state index in [2.05, 4.69) is 17.1 Å². The van der Waals surface area contributed by atoms with Crippen LogP contribution in [-0.4, -0.2) is 34.0 Å². The maximum atomic E-state index is 12.4. The summed E-state index contributed by atoms with van der Waals surface area (Å²) < 4.78 is 5.13. The van der Waals surface area contributed by atoms with Crippen molar-refractivity contribution in [2.75, 3.05) is 13.1 Å². The van der Waals surface area contributed by atoms with Gasteiger partial charge in [-0.25, -0.2) is 4.98 Å². The molecule has 2 aromatic rings. The fraction of sp³-hybridized carbons (Fsp3) is 0.500. The van der Waals surface area contributed by atoms with Gasteiger partial charge in [0.1, 0.15) is 0 Å². The first-order chi connectivity index (χ1) is 9.19. The molecule has 2 aromatic heterocycles. The first-order valence-corrected chi connectivity index (χ1v) is 6.72. The van der Waals surface area contributed by atoms with Crippen molar-refractivity contribution in [3.8, 4) is 0 Å². The number of likely N-dealkylation sites (tertiary alicyclic amines) is 1. The predicted octanol–water partition coefficient (Wildman–Crippen LogP) is 2.27. The molecule has 0 aliphatic carbocycles. The van der Waals surface area contributed by atoms with Crippen LogP contribution in [0.3, 0.4) is 0 Å². The molecule has 3 heterocycles. The first-order valence-electron chi connectivity index (χ1n) is 6.72. The number of carbonyl (C=O) groups is 1. The van der Waals surface area contributed by atoms with Gasteiger partial charge in [-0.1, -0.05) is 19.0 Å². The van der Waals surface area contributed by atoms with E-state index in [1.165, 1.54) is 0 Å². The number of fused-ring (bicyclic) bond motifs is 1. The number of hydrogen-bond acceptors (Lipinski definition) is 4. The zero-order valence-electron chi connectivity index (χ0n) is 11.2. The number of rotatable bonds is 2. The molecule has 0 spiro atoms. The third-order valence-electron chi connectivity index (χ3n) is 3.70. The number of pyridine rings is 1. The highest BCUT2D eigenvalue weighted by Crippen LogP contribution is 2.21. The van der Waals surface area contributed by atoms with E-state index in [0.717, 1.165) is 37.0 Å². The van der Waals surface area contributed by atoms with Crippen molar-refractivity contribution in [3.05, 3.63) is 23.5 Å². The molecule has 1 saturated heterocycles. The van der Waals surface area contributed by atoms with Crippen molar-refractivity contribution in [1.29, 1.82) is 0 Å². The average molecular weight is 259 g/mol. The summed E-state index contributed by atoms with van der Waals surface area (Å²) in [5.74, 6) is 0.643. The molecule has 1 aliphatic heterocycles. The molecular formula is C14H17N3O2. The van der Waals surface area contributed by atoms with E-state index in [1.54, 1.807) is 6.20 Å². The van der Waals surface area contributed by atoms with Gasteiger partial charge in [-0.3, -0.25) is 4.79 Å². The second-order valence-corrected chi connectivity index (χ2v) is 5.20. The Bertz CT molecular complexity index is 620. The number of carbonyl (C=O) groups excluding carboxylic acids is 1. The van der Waals surface area contributed by atoms with Gasteiger partial charge in [0.25, 0.3) is 11.6 Å². The fourth-order valence-electron chi connectivity index (χ4n) is 2.55. The maximum absolute atomic E-state index is 12.4.